The lowest BCUT2D eigenvalue weighted by atomic mass is 9.91. The summed E-state index contributed by atoms with van der Waals surface area (Å²) in [4.78, 5) is 5.68. The van der Waals surface area contributed by atoms with Gasteiger partial charge in [-0.25, -0.2) is 0 Å². The molecule has 0 saturated heterocycles. The maximum Gasteiger partial charge on any atom is 0.191 e. The van der Waals surface area contributed by atoms with E-state index in [0.29, 0.717) is 6.54 Å². The van der Waals surface area contributed by atoms with Crippen LogP contribution in [0.15, 0.2) is 52.8 Å². The molecule has 2 aromatic rings. The van der Waals surface area contributed by atoms with Gasteiger partial charge in [-0.05, 0) is 17.0 Å². The first kappa shape index (κ1) is 21.9. The smallest absolute Gasteiger partial charge is 0.191 e. The topological polar surface area (TPSA) is 45.7 Å². The van der Waals surface area contributed by atoms with Crippen LogP contribution in [0.2, 0.25) is 0 Å². The number of nitrogens with one attached hydrogen (secondary N) is 2. The summed E-state index contributed by atoms with van der Waals surface area (Å²) in [7, 11) is 3.52. The van der Waals surface area contributed by atoms with Crippen molar-refractivity contribution >= 4 is 41.3 Å². The summed E-state index contributed by atoms with van der Waals surface area (Å²) < 4.78 is 5.59. The van der Waals surface area contributed by atoms with Gasteiger partial charge in [-0.2, -0.15) is 0 Å². The van der Waals surface area contributed by atoms with Gasteiger partial charge in [0.25, 0.3) is 0 Å². The van der Waals surface area contributed by atoms with E-state index in [1.165, 1.54) is 4.88 Å². The fourth-order valence-electron chi connectivity index (χ4n) is 2.47. The molecule has 0 spiro atoms. The third-order valence-electron chi connectivity index (χ3n) is 4.02. The summed E-state index contributed by atoms with van der Waals surface area (Å²) in [5.41, 5.74) is 1.22. The Bertz CT molecular complexity index is 629. The highest BCUT2D eigenvalue weighted by molar-refractivity contribution is 14.0. The van der Waals surface area contributed by atoms with E-state index in [-0.39, 0.29) is 35.5 Å². The van der Waals surface area contributed by atoms with Crippen LogP contribution in [0.25, 0.3) is 0 Å². The SMILES string of the molecule is CN=C(NCC(OC)c1ccccc1)NCC(C)(C)c1cccs1.I. The van der Waals surface area contributed by atoms with Gasteiger partial charge in [-0.3, -0.25) is 4.99 Å². The number of halogens is 1. The minimum atomic E-state index is -0.00458. The third-order valence-corrected chi connectivity index (χ3v) is 5.26. The average molecular weight is 473 g/mol. The van der Waals surface area contributed by atoms with E-state index in [9.17, 15) is 0 Å². The molecular formula is C19H28IN3OS. The van der Waals surface area contributed by atoms with Crippen LogP contribution < -0.4 is 10.6 Å². The molecule has 0 aliphatic heterocycles. The molecular weight excluding hydrogens is 445 g/mol. The molecule has 2 N–H and O–H groups in total. The van der Waals surface area contributed by atoms with E-state index < -0.39 is 0 Å². The summed E-state index contributed by atoms with van der Waals surface area (Å²) in [5.74, 6) is 0.789. The molecule has 0 radical (unpaired) electrons. The molecule has 1 heterocycles. The number of aliphatic imine (C=N–C) groups is 1. The number of hydrogen-bond donors (Lipinski definition) is 2. The molecule has 2 rings (SSSR count). The summed E-state index contributed by atoms with van der Waals surface area (Å²) >= 11 is 1.79. The lowest BCUT2D eigenvalue weighted by Crippen LogP contribution is -2.44. The molecule has 1 aromatic heterocycles. The van der Waals surface area contributed by atoms with Crippen molar-refractivity contribution in [3.63, 3.8) is 0 Å². The number of thiophene rings is 1. The predicted octanol–water partition coefficient (Wildman–Crippen LogP) is 4.20. The molecule has 6 heteroatoms. The first-order chi connectivity index (χ1) is 11.6. The van der Waals surface area contributed by atoms with Crippen molar-refractivity contribution in [1.82, 2.24) is 10.6 Å². The minimum Gasteiger partial charge on any atom is -0.375 e. The van der Waals surface area contributed by atoms with Crippen LogP contribution in [0.3, 0.4) is 0 Å². The fourth-order valence-corrected chi connectivity index (χ4v) is 3.32. The van der Waals surface area contributed by atoms with Crippen molar-refractivity contribution in [1.29, 1.82) is 0 Å². The van der Waals surface area contributed by atoms with E-state index in [1.54, 1.807) is 25.5 Å². The molecule has 1 aromatic carbocycles. The van der Waals surface area contributed by atoms with Gasteiger partial charge in [0.15, 0.2) is 5.96 Å². The van der Waals surface area contributed by atoms with Crippen molar-refractivity contribution in [2.24, 2.45) is 4.99 Å². The molecule has 1 unspecified atom stereocenters. The zero-order chi connectivity index (χ0) is 17.4. The van der Waals surface area contributed by atoms with Crippen molar-refractivity contribution in [3.05, 3.63) is 58.3 Å². The van der Waals surface area contributed by atoms with Gasteiger partial charge in [0.05, 0.1) is 6.10 Å². The number of ether oxygens (including phenoxy) is 1. The number of hydrogen-bond acceptors (Lipinski definition) is 3. The van der Waals surface area contributed by atoms with Crippen LogP contribution in [-0.2, 0) is 10.2 Å². The van der Waals surface area contributed by atoms with E-state index in [4.69, 9.17) is 4.74 Å². The third kappa shape index (κ3) is 6.60. The zero-order valence-corrected chi connectivity index (χ0v) is 18.4. The first-order valence-corrected chi connectivity index (χ1v) is 9.01. The van der Waals surface area contributed by atoms with Crippen LogP contribution in [0.4, 0.5) is 0 Å². The summed E-state index contributed by atoms with van der Waals surface area (Å²) in [6.45, 7) is 5.96. The molecule has 138 valence electrons. The maximum atomic E-state index is 5.59. The number of nitrogens with zero attached hydrogens (tertiary/aromatic N) is 1. The van der Waals surface area contributed by atoms with E-state index in [1.807, 2.05) is 18.2 Å². The molecule has 0 fully saturated rings. The monoisotopic (exact) mass is 473 g/mol. The summed E-state index contributed by atoms with van der Waals surface area (Å²) in [6.07, 6.45) is -0.00458. The van der Waals surface area contributed by atoms with Gasteiger partial charge in [0.1, 0.15) is 0 Å². The number of benzene rings is 1. The molecule has 0 saturated carbocycles. The Morgan fingerprint density at radius 3 is 2.44 bits per heavy atom. The second kappa shape index (κ2) is 10.8. The lowest BCUT2D eigenvalue weighted by Gasteiger charge is -2.25. The Morgan fingerprint density at radius 2 is 1.88 bits per heavy atom. The number of rotatable bonds is 7. The van der Waals surface area contributed by atoms with Crippen molar-refractivity contribution in [3.8, 4) is 0 Å². The molecule has 1 atom stereocenters. The van der Waals surface area contributed by atoms with Crippen molar-refractivity contribution in [2.45, 2.75) is 25.4 Å². The number of guanidine groups is 1. The van der Waals surface area contributed by atoms with Gasteiger partial charge in [0, 0.05) is 37.5 Å². The molecule has 0 bridgehead atoms. The summed E-state index contributed by atoms with van der Waals surface area (Å²) in [6, 6.07) is 14.5. The van der Waals surface area contributed by atoms with Crippen LogP contribution in [-0.4, -0.2) is 33.2 Å². The molecule has 0 aliphatic carbocycles. The largest absolute Gasteiger partial charge is 0.375 e. The van der Waals surface area contributed by atoms with Crippen LogP contribution in [0.5, 0.6) is 0 Å². The first-order valence-electron chi connectivity index (χ1n) is 8.13. The number of methoxy groups -OCH3 is 1. The van der Waals surface area contributed by atoms with Crippen molar-refractivity contribution < 1.29 is 4.74 Å². The predicted molar refractivity (Wildman–Crippen MR) is 118 cm³/mol. The van der Waals surface area contributed by atoms with Gasteiger partial charge in [-0.1, -0.05) is 50.2 Å². The zero-order valence-electron chi connectivity index (χ0n) is 15.3. The Labute approximate surface area is 172 Å². The Morgan fingerprint density at radius 1 is 1.16 bits per heavy atom. The van der Waals surface area contributed by atoms with Gasteiger partial charge >= 0.3 is 0 Å². The highest BCUT2D eigenvalue weighted by Gasteiger charge is 2.22. The van der Waals surface area contributed by atoms with Crippen molar-refractivity contribution in [2.75, 3.05) is 27.2 Å². The Kier molecular flexibility index (Phi) is 9.45. The maximum absolute atomic E-state index is 5.59. The van der Waals surface area contributed by atoms with Gasteiger partial charge < -0.3 is 15.4 Å². The van der Waals surface area contributed by atoms with E-state index in [2.05, 4.69) is 59.1 Å². The highest BCUT2D eigenvalue weighted by Crippen LogP contribution is 2.26. The normalized spacial score (nSPS) is 13.0. The second-order valence-electron chi connectivity index (χ2n) is 6.30. The summed E-state index contributed by atoms with van der Waals surface area (Å²) in [5, 5.41) is 8.89. The highest BCUT2D eigenvalue weighted by atomic mass is 127. The molecule has 0 aliphatic rings. The molecule has 0 amide bonds. The fraction of sp³-hybridized carbons (Fsp3) is 0.421. The second-order valence-corrected chi connectivity index (χ2v) is 7.25. The van der Waals surface area contributed by atoms with Crippen LogP contribution in [0.1, 0.15) is 30.4 Å². The molecule has 4 nitrogen and oxygen atoms in total. The lowest BCUT2D eigenvalue weighted by molar-refractivity contribution is 0.106. The van der Waals surface area contributed by atoms with Crippen LogP contribution >= 0.6 is 35.3 Å². The van der Waals surface area contributed by atoms with Gasteiger partial charge in [0.2, 0.25) is 0 Å². The minimum absolute atomic E-state index is 0. The Hall–Kier alpha value is -1.12. The van der Waals surface area contributed by atoms with E-state index in [0.717, 1.165) is 18.1 Å². The average Bonchev–Trinajstić information content (AvgIpc) is 3.14. The molecule has 25 heavy (non-hydrogen) atoms. The van der Waals surface area contributed by atoms with E-state index >= 15 is 0 Å². The standard InChI is InChI=1S/C19H27N3OS.HI/c1-19(2,17-11-8-12-24-17)14-22-18(20-3)21-13-16(23-4)15-9-6-5-7-10-15;/h5-12,16H,13-14H2,1-4H3,(H2,20,21,22);1H. The quantitative estimate of drug-likeness (QED) is 0.360. The van der Waals surface area contributed by atoms with Crippen LogP contribution in [0, 0.1) is 0 Å². The Balaban J connectivity index is 0.00000312. The van der Waals surface area contributed by atoms with Gasteiger partial charge in [-0.15, -0.1) is 35.3 Å².